The predicted molar refractivity (Wildman–Crippen MR) is 113 cm³/mol. The van der Waals surface area contributed by atoms with Gasteiger partial charge < -0.3 is 5.11 Å². The van der Waals surface area contributed by atoms with Crippen LogP contribution in [-0.4, -0.2) is 5.11 Å². The topological polar surface area (TPSA) is 20.2 Å². The standard InChI is InChI=1S/C26H28O/c1-3-18-5-9-20(10-6-18)15-24-22-13-14-23(26(27)17-22)25(24)16-21-11-7-19(4-2)8-12-21/h5-14,17,24-25,27H,3-4,15-16H2,1-2H3. The normalized spacial score (nSPS) is 18.0. The van der Waals surface area contributed by atoms with Crippen LogP contribution in [0.15, 0.2) is 66.7 Å². The molecule has 0 fully saturated rings. The van der Waals surface area contributed by atoms with Crippen molar-refractivity contribution >= 4 is 0 Å². The number of aromatic hydroxyl groups is 1. The minimum absolute atomic E-state index is 0.341. The zero-order chi connectivity index (χ0) is 18.8. The Labute approximate surface area is 162 Å². The molecule has 0 heterocycles. The van der Waals surface area contributed by atoms with Gasteiger partial charge in [0.15, 0.2) is 0 Å². The molecule has 138 valence electrons. The molecule has 0 spiro atoms. The third-order valence-corrected chi connectivity index (χ3v) is 6.14. The lowest BCUT2D eigenvalue weighted by Gasteiger charge is -2.34. The maximum absolute atomic E-state index is 10.4. The molecule has 0 saturated carbocycles. The molecule has 2 bridgehead atoms. The number of hydrogen-bond donors (Lipinski definition) is 1. The quantitative estimate of drug-likeness (QED) is 0.559. The van der Waals surface area contributed by atoms with Gasteiger partial charge in [-0.3, -0.25) is 0 Å². The molecule has 1 nitrogen and oxygen atoms in total. The molecule has 27 heavy (non-hydrogen) atoms. The van der Waals surface area contributed by atoms with Crippen LogP contribution in [0.25, 0.3) is 0 Å². The van der Waals surface area contributed by atoms with E-state index >= 15 is 0 Å². The van der Waals surface area contributed by atoms with Crippen LogP contribution in [0.2, 0.25) is 0 Å². The van der Waals surface area contributed by atoms with Gasteiger partial charge in [-0.1, -0.05) is 74.5 Å². The molecule has 5 rings (SSSR count). The van der Waals surface area contributed by atoms with E-state index in [1.165, 1.54) is 27.8 Å². The van der Waals surface area contributed by atoms with Crippen LogP contribution in [0.4, 0.5) is 0 Å². The van der Waals surface area contributed by atoms with Gasteiger partial charge in [-0.2, -0.15) is 0 Å². The van der Waals surface area contributed by atoms with Crippen LogP contribution in [-0.2, 0) is 25.7 Å². The van der Waals surface area contributed by atoms with Gasteiger partial charge in [0.2, 0.25) is 0 Å². The van der Waals surface area contributed by atoms with E-state index in [1.54, 1.807) is 0 Å². The Bertz CT molecular complexity index is 906. The summed E-state index contributed by atoms with van der Waals surface area (Å²) in [4.78, 5) is 0. The van der Waals surface area contributed by atoms with E-state index < -0.39 is 0 Å². The zero-order valence-electron chi connectivity index (χ0n) is 16.3. The summed E-state index contributed by atoms with van der Waals surface area (Å²) in [5.41, 5.74) is 7.85. The molecule has 1 N–H and O–H groups in total. The summed E-state index contributed by atoms with van der Waals surface area (Å²) in [5, 5.41) is 10.4. The Morgan fingerprint density at radius 1 is 0.630 bits per heavy atom. The molecule has 2 aliphatic carbocycles. The second-order valence-electron chi connectivity index (χ2n) is 7.78. The summed E-state index contributed by atoms with van der Waals surface area (Å²) in [7, 11) is 0. The fourth-order valence-corrected chi connectivity index (χ4v) is 4.40. The molecule has 2 atom stereocenters. The molecule has 0 saturated heterocycles. The van der Waals surface area contributed by atoms with Crippen molar-refractivity contribution in [2.45, 2.75) is 51.4 Å². The number of benzene rings is 3. The van der Waals surface area contributed by atoms with E-state index in [0.717, 1.165) is 31.2 Å². The number of aryl methyl sites for hydroxylation is 2. The van der Waals surface area contributed by atoms with Crippen LogP contribution >= 0.6 is 0 Å². The molecular formula is C26H28O. The maximum atomic E-state index is 10.4. The summed E-state index contributed by atoms with van der Waals surface area (Å²) in [6.45, 7) is 4.38. The van der Waals surface area contributed by atoms with Gasteiger partial charge >= 0.3 is 0 Å². The molecule has 2 unspecified atom stereocenters. The van der Waals surface area contributed by atoms with Crippen molar-refractivity contribution in [3.8, 4) is 5.75 Å². The highest BCUT2D eigenvalue weighted by Crippen LogP contribution is 2.47. The number of phenolic OH excluding ortho intramolecular Hbond substituents is 1. The Hall–Kier alpha value is -2.54. The number of hydrogen-bond acceptors (Lipinski definition) is 1. The molecule has 3 aromatic rings. The average molecular weight is 357 g/mol. The molecule has 3 aromatic carbocycles. The number of fused-ring (bicyclic) bond motifs is 3. The van der Waals surface area contributed by atoms with Gasteiger partial charge in [-0.25, -0.2) is 0 Å². The largest absolute Gasteiger partial charge is 0.508 e. The monoisotopic (exact) mass is 356 g/mol. The van der Waals surface area contributed by atoms with Crippen LogP contribution in [0.1, 0.15) is 59.1 Å². The lowest BCUT2D eigenvalue weighted by Crippen LogP contribution is -2.21. The first-order chi connectivity index (χ1) is 13.2. The fourth-order valence-electron chi connectivity index (χ4n) is 4.40. The Kier molecular flexibility index (Phi) is 5.03. The smallest absolute Gasteiger partial charge is 0.119 e. The molecule has 2 aliphatic rings. The second-order valence-corrected chi connectivity index (χ2v) is 7.78. The summed E-state index contributed by atoms with van der Waals surface area (Å²) < 4.78 is 0. The van der Waals surface area contributed by atoms with E-state index in [2.05, 4.69) is 74.5 Å². The maximum Gasteiger partial charge on any atom is 0.119 e. The van der Waals surface area contributed by atoms with Crippen LogP contribution in [0, 0.1) is 0 Å². The highest BCUT2D eigenvalue weighted by Gasteiger charge is 2.32. The zero-order valence-corrected chi connectivity index (χ0v) is 16.3. The third-order valence-electron chi connectivity index (χ3n) is 6.14. The van der Waals surface area contributed by atoms with Gasteiger partial charge in [0, 0.05) is 0 Å². The van der Waals surface area contributed by atoms with Crippen molar-refractivity contribution < 1.29 is 5.11 Å². The molecule has 1 heteroatoms. The Balaban J connectivity index is 1.61. The van der Waals surface area contributed by atoms with Crippen molar-refractivity contribution in [1.29, 1.82) is 0 Å². The number of phenols is 1. The molecule has 0 amide bonds. The molecule has 0 radical (unpaired) electrons. The highest BCUT2D eigenvalue weighted by atomic mass is 16.3. The van der Waals surface area contributed by atoms with Crippen molar-refractivity contribution in [3.05, 3.63) is 100 Å². The van der Waals surface area contributed by atoms with Gasteiger partial charge in [-0.05, 0) is 77.0 Å². The van der Waals surface area contributed by atoms with Gasteiger partial charge in [0.05, 0.1) is 0 Å². The average Bonchev–Trinajstić information content (AvgIpc) is 2.71. The lowest BCUT2D eigenvalue weighted by molar-refractivity contribution is 0.428. The third kappa shape index (κ3) is 3.64. The Morgan fingerprint density at radius 3 is 1.59 bits per heavy atom. The first-order valence-electron chi connectivity index (χ1n) is 10.2. The van der Waals surface area contributed by atoms with Crippen molar-refractivity contribution in [2.75, 3.05) is 0 Å². The first-order valence-corrected chi connectivity index (χ1v) is 10.2. The van der Waals surface area contributed by atoms with Crippen molar-refractivity contribution in [2.24, 2.45) is 0 Å². The highest BCUT2D eigenvalue weighted by molar-refractivity contribution is 5.49. The minimum atomic E-state index is 0.341. The van der Waals surface area contributed by atoms with E-state index in [1.807, 2.05) is 6.07 Å². The van der Waals surface area contributed by atoms with Crippen LogP contribution < -0.4 is 0 Å². The molecular weight excluding hydrogens is 328 g/mol. The lowest BCUT2D eigenvalue weighted by atomic mass is 9.70. The van der Waals surface area contributed by atoms with Crippen molar-refractivity contribution in [1.82, 2.24) is 0 Å². The minimum Gasteiger partial charge on any atom is -0.508 e. The Morgan fingerprint density at radius 2 is 1.11 bits per heavy atom. The van der Waals surface area contributed by atoms with Crippen molar-refractivity contribution in [3.63, 3.8) is 0 Å². The predicted octanol–water partition coefficient (Wildman–Crippen LogP) is 6.18. The summed E-state index contributed by atoms with van der Waals surface area (Å²) in [6.07, 6.45) is 4.15. The number of rotatable bonds is 6. The second kappa shape index (κ2) is 7.60. The summed E-state index contributed by atoms with van der Waals surface area (Å²) in [6, 6.07) is 24.3. The fraction of sp³-hybridized carbons (Fsp3) is 0.308. The first kappa shape index (κ1) is 17.9. The van der Waals surface area contributed by atoms with Crippen LogP contribution in [0.5, 0.6) is 5.75 Å². The van der Waals surface area contributed by atoms with E-state index in [-0.39, 0.29) is 0 Å². The van der Waals surface area contributed by atoms with Gasteiger partial charge in [0.1, 0.15) is 5.75 Å². The molecule has 0 aromatic heterocycles. The van der Waals surface area contributed by atoms with E-state index in [4.69, 9.17) is 0 Å². The molecule has 0 aliphatic heterocycles. The van der Waals surface area contributed by atoms with Gasteiger partial charge in [-0.15, -0.1) is 0 Å². The van der Waals surface area contributed by atoms with E-state index in [9.17, 15) is 5.11 Å². The summed E-state index contributed by atoms with van der Waals surface area (Å²) in [5.74, 6) is 1.23. The van der Waals surface area contributed by atoms with Gasteiger partial charge in [0.25, 0.3) is 0 Å². The van der Waals surface area contributed by atoms with E-state index in [0.29, 0.717) is 17.6 Å². The van der Waals surface area contributed by atoms with Crippen LogP contribution in [0.3, 0.4) is 0 Å². The summed E-state index contributed by atoms with van der Waals surface area (Å²) >= 11 is 0. The SMILES string of the molecule is CCc1ccc(CC2c3ccc(c(O)c3)C2Cc2ccc(CC)cc2)cc1.